The number of hydrogen-bond acceptors (Lipinski definition) is 5. The molecular formula is C22H29NO5S. The van der Waals surface area contributed by atoms with Crippen LogP contribution in [0.1, 0.15) is 46.1 Å². The normalized spacial score (nSPS) is 11.7. The van der Waals surface area contributed by atoms with E-state index in [2.05, 4.69) is 0 Å². The number of nitrogens with zero attached hydrogens (tertiary/aromatic N) is 1. The maximum Gasteiger partial charge on any atom is 0.429 e. The van der Waals surface area contributed by atoms with E-state index in [4.69, 9.17) is 9.47 Å². The first kappa shape index (κ1) is 22.7. The van der Waals surface area contributed by atoms with Gasteiger partial charge in [-0.2, -0.15) is 4.31 Å². The second-order valence-electron chi connectivity index (χ2n) is 7.66. The number of hydrogen-bond donors (Lipinski definition) is 0. The van der Waals surface area contributed by atoms with E-state index in [0.717, 1.165) is 9.87 Å². The minimum absolute atomic E-state index is 0.147. The number of amides is 1. The van der Waals surface area contributed by atoms with Crippen molar-refractivity contribution in [2.24, 2.45) is 0 Å². The van der Waals surface area contributed by atoms with Gasteiger partial charge in [0.25, 0.3) is 0 Å². The average Bonchev–Trinajstić information content (AvgIpc) is 2.65. The summed E-state index contributed by atoms with van der Waals surface area (Å²) in [5.74, 6) is 0.137. The zero-order valence-corrected chi connectivity index (χ0v) is 18.2. The summed E-state index contributed by atoms with van der Waals surface area (Å²) in [5.41, 5.74) is 0.240. The topological polar surface area (TPSA) is 72.9 Å². The standard InChI is InChI=1S/C22H29NO5S/c1-5-6-16-29(25,26)23(21(24)28-22(2,3)4)19-14-10-11-15-20(19)27-17-18-12-8-7-9-13-18/h7-15H,5-6,16-17H2,1-4H3. The Morgan fingerprint density at radius 1 is 1.00 bits per heavy atom. The molecule has 0 atom stereocenters. The van der Waals surface area contributed by atoms with Crippen LogP contribution in [0.15, 0.2) is 54.6 Å². The fraction of sp³-hybridized carbons (Fsp3) is 0.409. The number of para-hydroxylation sites is 2. The molecule has 0 aliphatic carbocycles. The van der Waals surface area contributed by atoms with Gasteiger partial charge in [0.2, 0.25) is 10.0 Å². The van der Waals surface area contributed by atoms with Crippen molar-refractivity contribution in [3.8, 4) is 5.75 Å². The predicted octanol–water partition coefficient (Wildman–Crippen LogP) is 5.14. The summed E-state index contributed by atoms with van der Waals surface area (Å²) in [7, 11) is -3.94. The van der Waals surface area contributed by atoms with Crippen LogP contribution in [0, 0.1) is 0 Å². The van der Waals surface area contributed by atoms with E-state index in [1.165, 1.54) is 0 Å². The highest BCUT2D eigenvalue weighted by Gasteiger charge is 2.34. The Balaban J connectivity index is 2.40. The highest BCUT2D eigenvalue weighted by molar-refractivity contribution is 7.93. The molecule has 0 aliphatic rings. The predicted molar refractivity (Wildman–Crippen MR) is 115 cm³/mol. The van der Waals surface area contributed by atoms with Crippen molar-refractivity contribution in [2.45, 2.75) is 52.7 Å². The van der Waals surface area contributed by atoms with Crippen LogP contribution in [0.5, 0.6) is 5.75 Å². The van der Waals surface area contributed by atoms with Crippen LogP contribution >= 0.6 is 0 Å². The highest BCUT2D eigenvalue weighted by Crippen LogP contribution is 2.32. The molecule has 0 aliphatic heterocycles. The summed E-state index contributed by atoms with van der Waals surface area (Å²) < 4.78 is 38.0. The van der Waals surface area contributed by atoms with Crippen molar-refractivity contribution in [1.29, 1.82) is 0 Å². The number of carbonyl (C=O) groups is 1. The third-order valence-corrected chi connectivity index (χ3v) is 5.62. The molecule has 0 saturated carbocycles. The number of unbranched alkanes of at least 4 members (excludes halogenated alkanes) is 1. The monoisotopic (exact) mass is 419 g/mol. The molecule has 7 heteroatoms. The minimum Gasteiger partial charge on any atom is -0.487 e. The van der Waals surface area contributed by atoms with Crippen molar-refractivity contribution >= 4 is 21.8 Å². The summed E-state index contributed by atoms with van der Waals surface area (Å²) >= 11 is 0. The van der Waals surface area contributed by atoms with Gasteiger partial charge in [-0.05, 0) is 44.9 Å². The third kappa shape index (κ3) is 6.78. The van der Waals surface area contributed by atoms with Crippen LogP contribution in [0.3, 0.4) is 0 Å². The van der Waals surface area contributed by atoms with E-state index in [1.807, 2.05) is 37.3 Å². The first-order valence-corrected chi connectivity index (χ1v) is 11.3. The number of ether oxygens (including phenoxy) is 2. The number of anilines is 1. The number of rotatable bonds is 8. The maximum atomic E-state index is 13.0. The molecule has 0 aromatic heterocycles. The molecule has 2 aromatic rings. The van der Waals surface area contributed by atoms with Crippen LogP contribution in [-0.4, -0.2) is 25.9 Å². The fourth-order valence-corrected chi connectivity index (χ4v) is 4.12. The Hall–Kier alpha value is -2.54. The van der Waals surface area contributed by atoms with E-state index in [1.54, 1.807) is 45.0 Å². The first-order valence-electron chi connectivity index (χ1n) is 9.66. The minimum atomic E-state index is -3.94. The lowest BCUT2D eigenvalue weighted by molar-refractivity contribution is 0.0608. The fourth-order valence-electron chi connectivity index (χ4n) is 2.57. The summed E-state index contributed by atoms with van der Waals surface area (Å²) in [4.78, 5) is 12.9. The van der Waals surface area contributed by atoms with E-state index < -0.39 is 21.7 Å². The molecule has 0 bridgehead atoms. The Labute approximate surface area is 173 Å². The van der Waals surface area contributed by atoms with E-state index in [-0.39, 0.29) is 18.0 Å². The van der Waals surface area contributed by atoms with Crippen molar-refractivity contribution in [1.82, 2.24) is 0 Å². The number of carbonyl (C=O) groups excluding carboxylic acids is 1. The highest BCUT2D eigenvalue weighted by atomic mass is 32.2. The van der Waals surface area contributed by atoms with Crippen LogP contribution in [-0.2, 0) is 21.4 Å². The van der Waals surface area contributed by atoms with Crippen LogP contribution in [0.2, 0.25) is 0 Å². The number of sulfonamides is 1. The quantitative estimate of drug-likeness (QED) is 0.592. The summed E-state index contributed by atoms with van der Waals surface area (Å²) in [6.07, 6.45) is 0.187. The first-order chi connectivity index (χ1) is 13.6. The molecule has 0 heterocycles. The Morgan fingerprint density at radius 3 is 2.24 bits per heavy atom. The average molecular weight is 420 g/mol. The van der Waals surface area contributed by atoms with Gasteiger partial charge in [0.15, 0.2) is 0 Å². The van der Waals surface area contributed by atoms with Crippen molar-refractivity contribution in [3.05, 3.63) is 60.2 Å². The van der Waals surface area contributed by atoms with Gasteiger partial charge in [-0.1, -0.05) is 55.8 Å². The van der Waals surface area contributed by atoms with Gasteiger partial charge in [0, 0.05) is 0 Å². The smallest absolute Gasteiger partial charge is 0.429 e. The van der Waals surface area contributed by atoms with E-state index >= 15 is 0 Å². The van der Waals surface area contributed by atoms with Gasteiger partial charge in [-0.3, -0.25) is 0 Å². The zero-order chi connectivity index (χ0) is 21.5. The molecule has 158 valence electrons. The maximum absolute atomic E-state index is 13.0. The molecule has 0 N–H and O–H groups in total. The molecule has 0 fully saturated rings. The van der Waals surface area contributed by atoms with E-state index in [0.29, 0.717) is 18.6 Å². The Kier molecular flexibility index (Phi) is 7.67. The van der Waals surface area contributed by atoms with E-state index in [9.17, 15) is 13.2 Å². The van der Waals surface area contributed by atoms with Crippen molar-refractivity contribution < 1.29 is 22.7 Å². The zero-order valence-electron chi connectivity index (χ0n) is 17.4. The molecule has 2 rings (SSSR count). The van der Waals surface area contributed by atoms with Crippen LogP contribution in [0.4, 0.5) is 10.5 Å². The van der Waals surface area contributed by atoms with Crippen molar-refractivity contribution in [3.63, 3.8) is 0 Å². The second-order valence-corrected chi connectivity index (χ2v) is 9.59. The molecule has 1 amide bonds. The number of benzene rings is 2. The molecule has 0 radical (unpaired) electrons. The van der Waals surface area contributed by atoms with Crippen LogP contribution in [0.25, 0.3) is 0 Å². The van der Waals surface area contributed by atoms with Crippen LogP contribution < -0.4 is 9.04 Å². The Morgan fingerprint density at radius 2 is 1.62 bits per heavy atom. The van der Waals surface area contributed by atoms with Gasteiger partial charge in [0.1, 0.15) is 23.6 Å². The van der Waals surface area contributed by atoms with Gasteiger partial charge >= 0.3 is 6.09 Å². The summed E-state index contributed by atoms with van der Waals surface area (Å²) in [6.45, 7) is 7.22. The molecule has 0 spiro atoms. The lowest BCUT2D eigenvalue weighted by Gasteiger charge is -2.28. The third-order valence-electron chi connectivity index (χ3n) is 3.91. The van der Waals surface area contributed by atoms with Crippen molar-refractivity contribution in [2.75, 3.05) is 10.1 Å². The van der Waals surface area contributed by atoms with Gasteiger partial charge in [-0.25, -0.2) is 13.2 Å². The summed E-state index contributed by atoms with van der Waals surface area (Å²) in [5, 5.41) is 0. The SMILES string of the molecule is CCCCS(=O)(=O)N(C(=O)OC(C)(C)C)c1ccccc1OCc1ccccc1. The Bertz CT molecular complexity index is 904. The molecule has 6 nitrogen and oxygen atoms in total. The molecule has 0 saturated heterocycles. The lowest BCUT2D eigenvalue weighted by atomic mass is 10.2. The second kappa shape index (κ2) is 9.78. The van der Waals surface area contributed by atoms with Gasteiger partial charge in [-0.15, -0.1) is 0 Å². The van der Waals surface area contributed by atoms with Gasteiger partial charge in [0.05, 0.1) is 5.75 Å². The molecule has 0 unspecified atom stereocenters. The molecular weight excluding hydrogens is 390 g/mol. The summed E-state index contributed by atoms with van der Waals surface area (Å²) in [6, 6.07) is 16.1. The lowest BCUT2D eigenvalue weighted by Crippen LogP contribution is -2.42. The molecule has 2 aromatic carbocycles. The largest absolute Gasteiger partial charge is 0.487 e. The van der Waals surface area contributed by atoms with Gasteiger partial charge < -0.3 is 9.47 Å². The molecule has 29 heavy (non-hydrogen) atoms.